The molecule has 0 aliphatic heterocycles. The van der Waals surface area contributed by atoms with Gasteiger partial charge < -0.3 is 4.74 Å². The smallest absolute Gasteiger partial charge is 0.337 e. The fourth-order valence-electron chi connectivity index (χ4n) is 1.56. The lowest BCUT2D eigenvalue weighted by atomic mass is 10.1. The summed E-state index contributed by atoms with van der Waals surface area (Å²) in [5.74, 6) is 0.312. The van der Waals surface area contributed by atoms with Gasteiger partial charge in [0.15, 0.2) is 5.82 Å². The van der Waals surface area contributed by atoms with Crippen LogP contribution >= 0.6 is 0 Å². The molecule has 0 radical (unpaired) electrons. The van der Waals surface area contributed by atoms with E-state index in [2.05, 4.69) is 21.6 Å². The molecule has 0 unspecified atom stereocenters. The number of hydrogen-bond donors (Lipinski definition) is 0. The zero-order chi connectivity index (χ0) is 13.0. The van der Waals surface area contributed by atoms with Crippen molar-refractivity contribution in [3.8, 4) is 11.4 Å². The van der Waals surface area contributed by atoms with E-state index in [1.807, 2.05) is 24.5 Å². The number of rotatable bonds is 3. The number of carbonyl (C=O) groups is 1. The zero-order valence-electron chi connectivity index (χ0n) is 10.4. The van der Waals surface area contributed by atoms with Crippen molar-refractivity contribution >= 4 is 5.97 Å². The molecule has 0 aliphatic rings. The topological polar surface area (TPSA) is 52.1 Å². The van der Waals surface area contributed by atoms with E-state index in [1.165, 1.54) is 7.11 Å². The summed E-state index contributed by atoms with van der Waals surface area (Å²) in [6, 6.07) is 7.04. The Balaban J connectivity index is 2.25. The largest absolute Gasteiger partial charge is 0.465 e. The maximum Gasteiger partial charge on any atom is 0.337 e. The second kappa shape index (κ2) is 5.40. The first-order chi connectivity index (χ1) is 8.74. The minimum absolute atomic E-state index is 0.344. The number of esters is 1. The van der Waals surface area contributed by atoms with Crippen molar-refractivity contribution in [2.75, 3.05) is 7.11 Å². The zero-order valence-corrected chi connectivity index (χ0v) is 10.4. The van der Waals surface area contributed by atoms with Crippen molar-refractivity contribution < 1.29 is 9.53 Å². The van der Waals surface area contributed by atoms with Gasteiger partial charge in [0.2, 0.25) is 0 Å². The highest BCUT2D eigenvalue weighted by molar-refractivity contribution is 5.89. The molecule has 0 amide bonds. The van der Waals surface area contributed by atoms with Crippen LogP contribution in [0.25, 0.3) is 11.4 Å². The minimum atomic E-state index is -0.344. The molecular formula is C14H14N2O2. The van der Waals surface area contributed by atoms with Gasteiger partial charge in [-0.1, -0.05) is 19.1 Å². The molecule has 0 fully saturated rings. The lowest BCUT2D eigenvalue weighted by Gasteiger charge is -2.03. The van der Waals surface area contributed by atoms with Crippen LogP contribution in [-0.2, 0) is 11.2 Å². The molecule has 0 atom stereocenters. The first-order valence-electron chi connectivity index (χ1n) is 5.74. The summed E-state index contributed by atoms with van der Waals surface area (Å²) < 4.78 is 4.64. The molecule has 0 bridgehead atoms. The maximum absolute atomic E-state index is 11.3. The molecule has 0 spiro atoms. The summed E-state index contributed by atoms with van der Waals surface area (Å²) in [7, 11) is 1.36. The Hall–Kier alpha value is -2.23. The van der Waals surface area contributed by atoms with E-state index in [-0.39, 0.29) is 5.97 Å². The molecule has 1 heterocycles. The van der Waals surface area contributed by atoms with Crippen molar-refractivity contribution in [3.05, 3.63) is 47.8 Å². The van der Waals surface area contributed by atoms with Gasteiger partial charge in [-0.2, -0.15) is 0 Å². The van der Waals surface area contributed by atoms with Crippen LogP contribution < -0.4 is 0 Å². The SMILES string of the molecule is CCc1cnc(-c2ccc(C(=O)OC)cc2)nc1. The van der Waals surface area contributed by atoms with Crippen LogP contribution in [0, 0.1) is 0 Å². The molecule has 0 N–H and O–H groups in total. The van der Waals surface area contributed by atoms with Crippen molar-refractivity contribution in [2.45, 2.75) is 13.3 Å². The summed E-state index contributed by atoms with van der Waals surface area (Å²) in [5.41, 5.74) is 2.50. The summed E-state index contributed by atoms with van der Waals surface area (Å²) in [5, 5.41) is 0. The van der Waals surface area contributed by atoms with Crippen LogP contribution in [-0.4, -0.2) is 23.0 Å². The highest BCUT2D eigenvalue weighted by atomic mass is 16.5. The molecule has 2 rings (SSSR count). The molecule has 1 aromatic carbocycles. The molecule has 0 aliphatic carbocycles. The highest BCUT2D eigenvalue weighted by Crippen LogP contribution is 2.15. The summed E-state index contributed by atoms with van der Waals surface area (Å²) in [6.45, 7) is 2.06. The number of ether oxygens (including phenoxy) is 1. The number of aryl methyl sites for hydroxylation is 1. The molecule has 92 valence electrons. The maximum atomic E-state index is 11.3. The van der Waals surface area contributed by atoms with Crippen molar-refractivity contribution in [1.82, 2.24) is 9.97 Å². The van der Waals surface area contributed by atoms with E-state index in [9.17, 15) is 4.79 Å². The van der Waals surface area contributed by atoms with E-state index in [4.69, 9.17) is 0 Å². The monoisotopic (exact) mass is 242 g/mol. The number of aromatic nitrogens is 2. The quantitative estimate of drug-likeness (QED) is 0.776. The van der Waals surface area contributed by atoms with Crippen molar-refractivity contribution in [2.24, 2.45) is 0 Å². The van der Waals surface area contributed by atoms with Crippen LogP contribution in [0.3, 0.4) is 0 Å². The van der Waals surface area contributed by atoms with E-state index in [0.717, 1.165) is 17.5 Å². The van der Waals surface area contributed by atoms with Gasteiger partial charge >= 0.3 is 5.97 Å². The van der Waals surface area contributed by atoms with Gasteiger partial charge in [-0.3, -0.25) is 0 Å². The average Bonchev–Trinajstić information content (AvgIpc) is 2.47. The van der Waals surface area contributed by atoms with Gasteiger partial charge in [-0.05, 0) is 24.1 Å². The lowest BCUT2D eigenvalue weighted by molar-refractivity contribution is 0.0601. The predicted octanol–water partition coefficient (Wildman–Crippen LogP) is 2.49. The summed E-state index contributed by atoms with van der Waals surface area (Å²) >= 11 is 0. The van der Waals surface area contributed by atoms with Crippen LogP contribution in [0.2, 0.25) is 0 Å². The number of hydrogen-bond acceptors (Lipinski definition) is 4. The Morgan fingerprint density at radius 1 is 1.17 bits per heavy atom. The fraction of sp³-hybridized carbons (Fsp3) is 0.214. The van der Waals surface area contributed by atoms with Gasteiger partial charge in [0, 0.05) is 18.0 Å². The number of carbonyl (C=O) groups excluding carboxylic acids is 1. The molecule has 4 heteroatoms. The van der Waals surface area contributed by atoms with E-state index in [0.29, 0.717) is 11.4 Å². The predicted molar refractivity (Wildman–Crippen MR) is 68.2 cm³/mol. The average molecular weight is 242 g/mol. The standard InChI is InChI=1S/C14H14N2O2/c1-3-10-8-15-13(16-9-10)11-4-6-12(7-5-11)14(17)18-2/h4-9H,3H2,1-2H3. The molecule has 18 heavy (non-hydrogen) atoms. The first kappa shape index (κ1) is 12.2. The second-order valence-corrected chi connectivity index (χ2v) is 3.84. The molecule has 0 saturated heterocycles. The van der Waals surface area contributed by atoms with E-state index in [1.54, 1.807) is 12.1 Å². The number of nitrogens with zero attached hydrogens (tertiary/aromatic N) is 2. The van der Waals surface area contributed by atoms with Gasteiger partial charge in [0.25, 0.3) is 0 Å². The Labute approximate surface area is 106 Å². The van der Waals surface area contributed by atoms with Crippen molar-refractivity contribution in [3.63, 3.8) is 0 Å². The van der Waals surface area contributed by atoms with Gasteiger partial charge in [0.05, 0.1) is 12.7 Å². The Morgan fingerprint density at radius 3 is 2.28 bits per heavy atom. The Morgan fingerprint density at radius 2 is 1.78 bits per heavy atom. The van der Waals surface area contributed by atoms with E-state index < -0.39 is 0 Å². The molecule has 0 saturated carbocycles. The molecular weight excluding hydrogens is 228 g/mol. The number of benzene rings is 1. The highest BCUT2D eigenvalue weighted by Gasteiger charge is 2.06. The molecule has 1 aromatic heterocycles. The molecule has 2 aromatic rings. The van der Waals surface area contributed by atoms with Crippen LogP contribution in [0.4, 0.5) is 0 Å². The summed E-state index contributed by atoms with van der Waals surface area (Å²) in [6.07, 6.45) is 4.55. The summed E-state index contributed by atoms with van der Waals surface area (Å²) in [4.78, 5) is 19.9. The third-order valence-corrected chi connectivity index (χ3v) is 2.68. The Kier molecular flexibility index (Phi) is 3.67. The third kappa shape index (κ3) is 2.53. The van der Waals surface area contributed by atoms with Gasteiger partial charge in [-0.15, -0.1) is 0 Å². The van der Waals surface area contributed by atoms with Crippen molar-refractivity contribution in [1.29, 1.82) is 0 Å². The Bertz CT molecular complexity index is 533. The van der Waals surface area contributed by atoms with Crippen LogP contribution in [0.15, 0.2) is 36.7 Å². The van der Waals surface area contributed by atoms with Crippen LogP contribution in [0.5, 0.6) is 0 Å². The molecule has 4 nitrogen and oxygen atoms in total. The normalized spacial score (nSPS) is 10.1. The fourth-order valence-corrected chi connectivity index (χ4v) is 1.56. The number of methoxy groups -OCH3 is 1. The van der Waals surface area contributed by atoms with Gasteiger partial charge in [0.1, 0.15) is 0 Å². The van der Waals surface area contributed by atoms with Crippen LogP contribution in [0.1, 0.15) is 22.8 Å². The van der Waals surface area contributed by atoms with Gasteiger partial charge in [-0.25, -0.2) is 14.8 Å². The van der Waals surface area contributed by atoms with E-state index >= 15 is 0 Å². The minimum Gasteiger partial charge on any atom is -0.465 e. The third-order valence-electron chi connectivity index (χ3n) is 2.68. The lowest BCUT2D eigenvalue weighted by Crippen LogP contribution is -2.00. The first-order valence-corrected chi connectivity index (χ1v) is 5.74. The second-order valence-electron chi connectivity index (χ2n) is 3.84.